The first-order valence-corrected chi connectivity index (χ1v) is 7.69. The molecule has 2 nitrogen and oxygen atoms in total. The molecule has 4 N–H and O–H groups in total. The third-order valence-corrected chi connectivity index (χ3v) is 3.67. The first-order chi connectivity index (χ1) is 8.18. The summed E-state index contributed by atoms with van der Waals surface area (Å²) in [6, 6.07) is 0. The first kappa shape index (κ1) is 16.9. The molecule has 1 unspecified atom stereocenters. The van der Waals surface area contributed by atoms with Gasteiger partial charge in [-0.2, -0.15) is 0 Å². The lowest BCUT2D eigenvalue weighted by Gasteiger charge is -2.14. The molecule has 0 saturated heterocycles. The minimum Gasteiger partial charge on any atom is -0.316 e. The van der Waals surface area contributed by atoms with Crippen LogP contribution in [-0.2, 0) is 0 Å². The highest BCUT2D eigenvalue weighted by molar-refractivity contribution is 4.61. The van der Waals surface area contributed by atoms with Crippen LogP contribution < -0.4 is 11.5 Å². The molecular formula is C15H34N2. The van der Waals surface area contributed by atoms with E-state index >= 15 is 0 Å². The van der Waals surface area contributed by atoms with E-state index in [-0.39, 0.29) is 6.17 Å². The van der Waals surface area contributed by atoms with Gasteiger partial charge in [-0.1, -0.05) is 78.1 Å². The van der Waals surface area contributed by atoms with Crippen molar-refractivity contribution in [2.75, 3.05) is 0 Å². The lowest BCUT2D eigenvalue weighted by atomic mass is 9.99. The molecule has 0 amide bonds. The zero-order chi connectivity index (χ0) is 12.9. The van der Waals surface area contributed by atoms with Crippen molar-refractivity contribution < 1.29 is 0 Å². The summed E-state index contributed by atoms with van der Waals surface area (Å²) in [6.07, 6.45) is 15.0. The molecule has 0 aromatic rings. The summed E-state index contributed by atoms with van der Waals surface area (Å²) in [6.45, 7) is 4.42. The normalized spacial score (nSPS) is 13.2. The zero-order valence-corrected chi connectivity index (χ0v) is 12.1. The van der Waals surface area contributed by atoms with E-state index in [1.54, 1.807) is 0 Å². The van der Waals surface area contributed by atoms with Crippen molar-refractivity contribution in [3.8, 4) is 0 Å². The van der Waals surface area contributed by atoms with Gasteiger partial charge in [0.25, 0.3) is 0 Å². The standard InChI is InChI=1S/C15H34N2/c1-3-4-5-6-7-8-9-10-11-12-13-14(2)15(16)17/h14-15H,3-13,16-17H2,1-2H3. The van der Waals surface area contributed by atoms with Gasteiger partial charge in [-0.3, -0.25) is 0 Å². The molecule has 17 heavy (non-hydrogen) atoms. The van der Waals surface area contributed by atoms with Gasteiger partial charge in [-0.15, -0.1) is 0 Å². The lowest BCUT2D eigenvalue weighted by Crippen LogP contribution is -2.37. The quantitative estimate of drug-likeness (QED) is 0.398. The summed E-state index contributed by atoms with van der Waals surface area (Å²) in [5, 5.41) is 0. The summed E-state index contributed by atoms with van der Waals surface area (Å²) in [5.74, 6) is 0.476. The van der Waals surface area contributed by atoms with Crippen molar-refractivity contribution in [2.45, 2.75) is 90.6 Å². The van der Waals surface area contributed by atoms with Crippen LogP contribution >= 0.6 is 0 Å². The van der Waals surface area contributed by atoms with E-state index in [1.807, 2.05) is 0 Å². The van der Waals surface area contributed by atoms with Crippen LogP contribution in [0.3, 0.4) is 0 Å². The Morgan fingerprint density at radius 3 is 1.53 bits per heavy atom. The Morgan fingerprint density at radius 2 is 1.12 bits per heavy atom. The van der Waals surface area contributed by atoms with Crippen molar-refractivity contribution >= 4 is 0 Å². The van der Waals surface area contributed by atoms with E-state index in [1.165, 1.54) is 70.6 Å². The largest absolute Gasteiger partial charge is 0.316 e. The Kier molecular flexibility index (Phi) is 12.3. The van der Waals surface area contributed by atoms with Gasteiger partial charge in [0.15, 0.2) is 0 Å². The first-order valence-electron chi connectivity index (χ1n) is 7.69. The fraction of sp³-hybridized carbons (Fsp3) is 1.00. The van der Waals surface area contributed by atoms with E-state index in [4.69, 9.17) is 11.5 Å². The molecule has 0 aliphatic heterocycles. The van der Waals surface area contributed by atoms with Crippen molar-refractivity contribution in [3.05, 3.63) is 0 Å². The number of hydrogen-bond acceptors (Lipinski definition) is 2. The Labute approximate surface area is 109 Å². The maximum absolute atomic E-state index is 5.63. The minimum atomic E-state index is -0.131. The molecule has 0 saturated carbocycles. The molecule has 0 bridgehead atoms. The van der Waals surface area contributed by atoms with Gasteiger partial charge in [0, 0.05) is 0 Å². The Hall–Kier alpha value is -0.0800. The van der Waals surface area contributed by atoms with Gasteiger partial charge < -0.3 is 11.5 Å². The van der Waals surface area contributed by atoms with E-state index in [0.717, 1.165) is 0 Å². The number of nitrogens with two attached hydrogens (primary N) is 2. The van der Waals surface area contributed by atoms with Crippen molar-refractivity contribution in [1.82, 2.24) is 0 Å². The molecule has 0 fully saturated rings. The maximum Gasteiger partial charge on any atom is 0.0547 e. The molecule has 2 heteroatoms. The Morgan fingerprint density at radius 1 is 0.706 bits per heavy atom. The fourth-order valence-electron chi connectivity index (χ4n) is 2.15. The van der Waals surface area contributed by atoms with Gasteiger partial charge in [-0.25, -0.2) is 0 Å². The van der Waals surface area contributed by atoms with Crippen LogP contribution in [0.4, 0.5) is 0 Å². The topological polar surface area (TPSA) is 52.0 Å². The lowest BCUT2D eigenvalue weighted by molar-refractivity contribution is 0.412. The second-order valence-electron chi connectivity index (χ2n) is 5.53. The van der Waals surface area contributed by atoms with Crippen LogP contribution in [0.25, 0.3) is 0 Å². The summed E-state index contributed by atoms with van der Waals surface area (Å²) < 4.78 is 0. The smallest absolute Gasteiger partial charge is 0.0547 e. The minimum absolute atomic E-state index is 0.131. The second kappa shape index (κ2) is 12.4. The SMILES string of the molecule is CCCCCCCCCCCCC(C)C(N)N. The molecule has 0 aromatic carbocycles. The van der Waals surface area contributed by atoms with E-state index in [0.29, 0.717) is 5.92 Å². The average molecular weight is 242 g/mol. The van der Waals surface area contributed by atoms with E-state index < -0.39 is 0 Å². The molecule has 0 radical (unpaired) electrons. The highest BCUT2D eigenvalue weighted by Crippen LogP contribution is 2.14. The summed E-state index contributed by atoms with van der Waals surface area (Å²) in [7, 11) is 0. The van der Waals surface area contributed by atoms with Crippen molar-refractivity contribution in [3.63, 3.8) is 0 Å². The maximum atomic E-state index is 5.63. The van der Waals surface area contributed by atoms with Crippen LogP contribution in [-0.4, -0.2) is 6.17 Å². The molecule has 104 valence electrons. The Bertz CT molecular complexity index is 146. The van der Waals surface area contributed by atoms with Crippen LogP contribution in [0.15, 0.2) is 0 Å². The predicted octanol–water partition coefficient (Wildman–Crippen LogP) is 4.18. The molecular weight excluding hydrogens is 208 g/mol. The van der Waals surface area contributed by atoms with Gasteiger partial charge >= 0.3 is 0 Å². The van der Waals surface area contributed by atoms with Gasteiger partial charge in [0.1, 0.15) is 0 Å². The number of hydrogen-bond donors (Lipinski definition) is 2. The van der Waals surface area contributed by atoms with Crippen LogP contribution in [0.2, 0.25) is 0 Å². The van der Waals surface area contributed by atoms with Crippen molar-refractivity contribution in [2.24, 2.45) is 17.4 Å². The average Bonchev–Trinajstić information content (AvgIpc) is 2.31. The molecule has 0 aliphatic carbocycles. The molecule has 0 spiro atoms. The second-order valence-corrected chi connectivity index (χ2v) is 5.53. The van der Waals surface area contributed by atoms with Gasteiger partial charge in [0.2, 0.25) is 0 Å². The molecule has 0 aromatic heterocycles. The van der Waals surface area contributed by atoms with Crippen LogP contribution in [0.5, 0.6) is 0 Å². The number of rotatable bonds is 12. The van der Waals surface area contributed by atoms with Crippen LogP contribution in [0.1, 0.15) is 84.5 Å². The van der Waals surface area contributed by atoms with Gasteiger partial charge in [-0.05, 0) is 12.3 Å². The highest BCUT2D eigenvalue weighted by Gasteiger charge is 2.06. The third-order valence-electron chi connectivity index (χ3n) is 3.67. The summed E-state index contributed by atoms with van der Waals surface area (Å²) >= 11 is 0. The highest BCUT2D eigenvalue weighted by atomic mass is 14.9. The molecule has 0 aliphatic rings. The molecule has 0 rings (SSSR count). The summed E-state index contributed by atoms with van der Waals surface area (Å²) in [4.78, 5) is 0. The third kappa shape index (κ3) is 12.2. The number of unbranched alkanes of at least 4 members (excludes halogenated alkanes) is 9. The summed E-state index contributed by atoms with van der Waals surface area (Å²) in [5.41, 5.74) is 11.3. The monoisotopic (exact) mass is 242 g/mol. The van der Waals surface area contributed by atoms with Crippen LogP contribution in [0, 0.1) is 5.92 Å². The van der Waals surface area contributed by atoms with E-state index in [2.05, 4.69) is 13.8 Å². The zero-order valence-electron chi connectivity index (χ0n) is 12.1. The predicted molar refractivity (Wildman–Crippen MR) is 77.8 cm³/mol. The van der Waals surface area contributed by atoms with Crippen molar-refractivity contribution in [1.29, 1.82) is 0 Å². The fourth-order valence-corrected chi connectivity index (χ4v) is 2.15. The Balaban J connectivity index is 3.03. The molecule has 0 heterocycles. The van der Waals surface area contributed by atoms with Gasteiger partial charge in [0.05, 0.1) is 6.17 Å². The molecule has 1 atom stereocenters. The van der Waals surface area contributed by atoms with E-state index in [9.17, 15) is 0 Å².